The van der Waals surface area contributed by atoms with Crippen LogP contribution in [0, 0.1) is 5.92 Å². The number of carbonyl (C=O) groups excluding carboxylic acids is 1. The average Bonchev–Trinajstić information content (AvgIpc) is 2.90. The number of esters is 1. The Balaban J connectivity index is 3.99. The van der Waals surface area contributed by atoms with Crippen LogP contribution in [0.1, 0.15) is 207 Å². The lowest BCUT2D eigenvalue weighted by atomic mass is 9.91. The second-order valence-electron chi connectivity index (χ2n) is 12.0. The van der Waals surface area contributed by atoms with Crippen LogP contribution in [0.3, 0.4) is 0 Å². The molecule has 0 aromatic carbocycles. The maximum absolute atomic E-state index is 12.2. The van der Waals surface area contributed by atoms with Gasteiger partial charge in [0, 0.05) is 6.42 Å². The van der Waals surface area contributed by atoms with Crippen LogP contribution in [0.5, 0.6) is 0 Å². The monoisotopic (exact) mass is 523 g/mol. The van der Waals surface area contributed by atoms with Crippen LogP contribution in [-0.2, 0) is 9.53 Å². The van der Waals surface area contributed by atoms with Gasteiger partial charge in [0.25, 0.3) is 0 Å². The first-order valence-electron chi connectivity index (χ1n) is 17.4. The summed E-state index contributed by atoms with van der Waals surface area (Å²) < 4.78 is 5.66. The summed E-state index contributed by atoms with van der Waals surface area (Å²) in [5.74, 6) is 0.791. The fourth-order valence-electron chi connectivity index (χ4n) is 5.56. The Morgan fingerprint density at radius 2 is 0.757 bits per heavy atom. The Hall–Kier alpha value is -0.530. The van der Waals surface area contributed by atoms with E-state index in [9.17, 15) is 4.79 Å². The molecule has 1 atom stereocenters. The van der Waals surface area contributed by atoms with Crippen LogP contribution in [0.15, 0.2) is 0 Å². The molecule has 0 saturated carbocycles. The van der Waals surface area contributed by atoms with Crippen LogP contribution in [0.25, 0.3) is 0 Å². The van der Waals surface area contributed by atoms with E-state index in [-0.39, 0.29) is 5.97 Å². The molecule has 2 heteroatoms. The van der Waals surface area contributed by atoms with Gasteiger partial charge in [0.1, 0.15) is 0 Å². The second kappa shape index (κ2) is 31.7. The lowest BCUT2D eigenvalue weighted by Crippen LogP contribution is -2.10. The number of hydrogen-bond donors (Lipinski definition) is 0. The van der Waals surface area contributed by atoms with E-state index in [0.29, 0.717) is 13.0 Å². The van der Waals surface area contributed by atoms with Crippen LogP contribution >= 0.6 is 0 Å². The second-order valence-corrected chi connectivity index (χ2v) is 12.0. The predicted octanol–water partition coefficient (Wildman–Crippen LogP) is 12.5. The molecule has 0 aromatic rings. The highest BCUT2D eigenvalue weighted by atomic mass is 16.5. The summed E-state index contributed by atoms with van der Waals surface area (Å²) in [6, 6.07) is 0. The third-order valence-corrected chi connectivity index (χ3v) is 8.21. The molecule has 0 spiro atoms. The van der Waals surface area contributed by atoms with E-state index < -0.39 is 0 Å². The molecule has 0 radical (unpaired) electrons. The quantitative estimate of drug-likeness (QED) is 0.0668. The van der Waals surface area contributed by atoms with Crippen molar-refractivity contribution < 1.29 is 9.53 Å². The van der Waals surface area contributed by atoms with E-state index in [1.165, 1.54) is 167 Å². The summed E-state index contributed by atoms with van der Waals surface area (Å²) >= 11 is 0. The third-order valence-electron chi connectivity index (χ3n) is 8.21. The standard InChI is InChI=1S/C35H70O2/c1-4-7-10-13-16-18-19-22-24-27-30-34(29-26-23-21-17-14-11-8-5-2)32-33-37-35(36)31-28-25-20-15-12-9-6-3/h34H,4-33H2,1-3H3. The molecule has 0 amide bonds. The van der Waals surface area contributed by atoms with Gasteiger partial charge in [-0.3, -0.25) is 4.79 Å². The minimum absolute atomic E-state index is 0.0401. The highest BCUT2D eigenvalue weighted by molar-refractivity contribution is 5.69. The molecule has 222 valence electrons. The predicted molar refractivity (Wildman–Crippen MR) is 165 cm³/mol. The van der Waals surface area contributed by atoms with Gasteiger partial charge in [0.05, 0.1) is 6.61 Å². The molecule has 0 N–H and O–H groups in total. The zero-order valence-corrected chi connectivity index (χ0v) is 26.1. The molecule has 0 aliphatic rings. The maximum atomic E-state index is 12.2. The fraction of sp³-hybridized carbons (Fsp3) is 0.971. The summed E-state index contributed by atoms with van der Waals surface area (Å²) in [6.45, 7) is 7.49. The molecule has 1 unspecified atom stereocenters. The SMILES string of the molecule is CCCCCCCCCCCCC(CCCCCCCCCC)CCOC(=O)CCCCCCCCC. The molecule has 37 heavy (non-hydrogen) atoms. The van der Waals surface area contributed by atoms with Crippen molar-refractivity contribution >= 4 is 5.97 Å². The number of rotatable bonds is 31. The highest BCUT2D eigenvalue weighted by Crippen LogP contribution is 2.23. The van der Waals surface area contributed by atoms with Crippen molar-refractivity contribution in [2.24, 2.45) is 5.92 Å². The first kappa shape index (κ1) is 36.5. The molecule has 0 rings (SSSR count). The van der Waals surface area contributed by atoms with Crippen LogP contribution in [-0.4, -0.2) is 12.6 Å². The topological polar surface area (TPSA) is 26.3 Å². The minimum Gasteiger partial charge on any atom is -0.466 e. The summed E-state index contributed by atoms with van der Waals surface area (Å²) in [6.07, 6.45) is 38.4. The first-order chi connectivity index (χ1) is 18.2. The Labute approximate surface area is 234 Å². The molecule has 0 aromatic heterocycles. The van der Waals surface area contributed by atoms with Crippen molar-refractivity contribution in [3.8, 4) is 0 Å². The van der Waals surface area contributed by atoms with Crippen molar-refractivity contribution in [3.63, 3.8) is 0 Å². The van der Waals surface area contributed by atoms with Gasteiger partial charge in [-0.05, 0) is 18.8 Å². The van der Waals surface area contributed by atoms with Gasteiger partial charge in [-0.25, -0.2) is 0 Å². The Morgan fingerprint density at radius 3 is 1.14 bits per heavy atom. The lowest BCUT2D eigenvalue weighted by Gasteiger charge is -2.17. The van der Waals surface area contributed by atoms with Crippen LogP contribution < -0.4 is 0 Å². The van der Waals surface area contributed by atoms with Crippen molar-refractivity contribution in [3.05, 3.63) is 0 Å². The lowest BCUT2D eigenvalue weighted by molar-refractivity contribution is -0.144. The molecule has 0 fully saturated rings. The zero-order chi connectivity index (χ0) is 27.1. The van der Waals surface area contributed by atoms with E-state index in [1.54, 1.807) is 0 Å². The smallest absolute Gasteiger partial charge is 0.305 e. The molecule has 0 heterocycles. The largest absolute Gasteiger partial charge is 0.466 e. The van der Waals surface area contributed by atoms with E-state index in [0.717, 1.165) is 18.8 Å². The van der Waals surface area contributed by atoms with E-state index >= 15 is 0 Å². The number of carbonyl (C=O) groups is 1. The molecule has 2 nitrogen and oxygen atoms in total. The van der Waals surface area contributed by atoms with Gasteiger partial charge >= 0.3 is 5.97 Å². The molecule has 0 bridgehead atoms. The van der Waals surface area contributed by atoms with Gasteiger partial charge in [-0.1, -0.05) is 188 Å². The van der Waals surface area contributed by atoms with Crippen molar-refractivity contribution in [2.75, 3.05) is 6.61 Å². The average molecular weight is 523 g/mol. The normalized spacial score (nSPS) is 12.2. The Bertz CT molecular complexity index is 433. The molecule has 0 aliphatic heterocycles. The molecular formula is C35H70O2. The molecule has 0 saturated heterocycles. The summed E-state index contributed by atoms with van der Waals surface area (Å²) in [4.78, 5) is 12.2. The minimum atomic E-state index is 0.0401. The Morgan fingerprint density at radius 1 is 0.432 bits per heavy atom. The number of hydrogen-bond acceptors (Lipinski definition) is 2. The van der Waals surface area contributed by atoms with Gasteiger partial charge in [-0.15, -0.1) is 0 Å². The summed E-state index contributed by atoms with van der Waals surface area (Å²) in [5, 5.41) is 0. The van der Waals surface area contributed by atoms with Crippen molar-refractivity contribution in [1.29, 1.82) is 0 Å². The Kier molecular flexibility index (Phi) is 31.2. The van der Waals surface area contributed by atoms with Crippen LogP contribution in [0.2, 0.25) is 0 Å². The van der Waals surface area contributed by atoms with E-state index in [4.69, 9.17) is 4.74 Å². The van der Waals surface area contributed by atoms with Crippen molar-refractivity contribution in [1.82, 2.24) is 0 Å². The molecule has 0 aliphatic carbocycles. The van der Waals surface area contributed by atoms with Gasteiger partial charge in [0.2, 0.25) is 0 Å². The summed E-state index contributed by atoms with van der Waals surface area (Å²) in [7, 11) is 0. The van der Waals surface area contributed by atoms with E-state index in [1.807, 2.05) is 0 Å². The molecular weight excluding hydrogens is 452 g/mol. The van der Waals surface area contributed by atoms with E-state index in [2.05, 4.69) is 20.8 Å². The first-order valence-corrected chi connectivity index (χ1v) is 17.4. The van der Waals surface area contributed by atoms with Gasteiger partial charge in [0.15, 0.2) is 0 Å². The van der Waals surface area contributed by atoms with Crippen molar-refractivity contribution in [2.45, 2.75) is 207 Å². The zero-order valence-electron chi connectivity index (χ0n) is 26.1. The third kappa shape index (κ3) is 29.9. The van der Waals surface area contributed by atoms with Gasteiger partial charge < -0.3 is 4.74 Å². The number of ether oxygens (including phenoxy) is 1. The summed E-state index contributed by atoms with van der Waals surface area (Å²) in [5.41, 5.74) is 0. The van der Waals surface area contributed by atoms with Crippen LogP contribution in [0.4, 0.5) is 0 Å². The van der Waals surface area contributed by atoms with Gasteiger partial charge in [-0.2, -0.15) is 0 Å². The number of unbranched alkanes of at least 4 members (excludes halogenated alkanes) is 22. The highest BCUT2D eigenvalue weighted by Gasteiger charge is 2.11. The fourth-order valence-corrected chi connectivity index (χ4v) is 5.56. The maximum Gasteiger partial charge on any atom is 0.305 e.